The molecule has 3 rings (SSSR count). The van der Waals surface area contributed by atoms with E-state index >= 15 is 0 Å². The van der Waals surface area contributed by atoms with Crippen LogP contribution in [-0.4, -0.2) is 22.5 Å². The lowest BCUT2D eigenvalue weighted by Gasteiger charge is -2.05. The third kappa shape index (κ3) is 4.15. The maximum Gasteiger partial charge on any atom is 0.206 e. The minimum absolute atomic E-state index is 0.189. The van der Waals surface area contributed by atoms with Gasteiger partial charge in [-0.1, -0.05) is 24.3 Å². The maximum absolute atomic E-state index is 14.3. The Bertz CT molecular complexity index is 1020. The molecule has 1 N–H and O–H groups in total. The van der Waals surface area contributed by atoms with E-state index in [0.29, 0.717) is 22.6 Å². The number of halogens is 1. The minimum atomic E-state index is -0.315. The number of aromatic nitrogens is 1. The molecule has 0 saturated heterocycles. The Morgan fingerprint density at radius 2 is 1.96 bits per heavy atom. The third-order valence-corrected chi connectivity index (χ3v) is 4.39. The molecule has 6 heteroatoms. The molecule has 0 aliphatic carbocycles. The van der Waals surface area contributed by atoms with Gasteiger partial charge in [-0.2, -0.15) is 5.10 Å². The average molecular weight is 367 g/mol. The van der Waals surface area contributed by atoms with E-state index in [0.717, 1.165) is 11.1 Å². The van der Waals surface area contributed by atoms with Gasteiger partial charge in [0.05, 0.1) is 18.5 Å². The first kappa shape index (κ1) is 17.8. The first-order valence-electron chi connectivity index (χ1n) is 7.98. The number of nitrogens with zero attached hydrogens (tertiary/aromatic N) is 3. The van der Waals surface area contributed by atoms with Crippen LogP contribution < -0.4 is 4.80 Å². The van der Waals surface area contributed by atoms with Crippen molar-refractivity contribution in [2.45, 2.75) is 6.92 Å². The number of phenols is 1. The van der Waals surface area contributed by atoms with Crippen LogP contribution in [-0.2, 0) is 0 Å². The van der Waals surface area contributed by atoms with E-state index in [1.54, 1.807) is 53.4 Å². The molecule has 0 radical (unpaired) electrons. The molecule has 2 aromatic carbocycles. The van der Waals surface area contributed by atoms with Gasteiger partial charge >= 0.3 is 0 Å². The van der Waals surface area contributed by atoms with Crippen LogP contribution in [0.3, 0.4) is 0 Å². The van der Waals surface area contributed by atoms with E-state index in [4.69, 9.17) is 0 Å². The zero-order chi connectivity index (χ0) is 18.5. The summed E-state index contributed by atoms with van der Waals surface area (Å²) in [6, 6.07) is 13.3. The van der Waals surface area contributed by atoms with E-state index < -0.39 is 0 Å². The number of thiazole rings is 1. The second kappa shape index (κ2) is 7.93. The second-order valence-corrected chi connectivity index (χ2v) is 6.64. The van der Waals surface area contributed by atoms with Crippen LogP contribution >= 0.6 is 11.3 Å². The molecule has 0 aliphatic heterocycles. The molecule has 1 aromatic heterocycles. The quantitative estimate of drug-likeness (QED) is 0.527. The van der Waals surface area contributed by atoms with Gasteiger partial charge in [-0.05, 0) is 48.9 Å². The molecule has 26 heavy (non-hydrogen) atoms. The molecule has 0 atom stereocenters. The molecule has 0 saturated carbocycles. The maximum atomic E-state index is 14.3. The van der Waals surface area contributed by atoms with Crippen molar-refractivity contribution in [3.8, 4) is 17.0 Å². The molecule has 0 amide bonds. The molecule has 1 heterocycles. The van der Waals surface area contributed by atoms with E-state index in [1.165, 1.54) is 17.4 Å². The Labute approximate surface area is 154 Å². The van der Waals surface area contributed by atoms with Crippen molar-refractivity contribution in [3.05, 3.63) is 82.2 Å². The molecule has 0 aliphatic rings. The number of rotatable bonds is 5. The van der Waals surface area contributed by atoms with Crippen LogP contribution in [0.1, 0.15) is 12.5 Å². The summed E-state index contributed by atoms with van der Waals surface area (Å²) in [5, 5.41) is 15.7. The molecule has 0 bridgehead atoms. The summed E-state index contributed by atoms with van der Waals surface area (Å²) < 4.78 is 15.9. The van der Waals surface area contributed by atoms with Gasteiger partial charge in [0.25, 0.3) is 0 Å². The number of phenolic OH excluding ortho intramolecular Hbond substituents is 1. The van der Waals surface area contributed by atoms with Crippen molar-refractivity contribution in [3.63, 3.8) is 0 Å². The van der Waals surface area contributed by atoms with Gasteiger partial charge in [-0.25, -0.2) is 9.07 Å². The van der Waals surface area contributed by atoms with Crippen LogP contribution in [0.15, 0.2) is 76.2 Å². The largest absolute Gasteiger partial charge is 0.508 e. The summed E-state index contributed by atoms with van der Waals surface area (Å²) in [6.07, 6.45) is 1.65. The van der Waals surface area contributed by atoms with Gasteiger partial charge in [0, 0.05) is 10.9 Å². The van der Waals surface area contributed by atoms with Gasteiger partial charge in [0.1, 0.15) is 11.6 Å². The highest BCUT2D eigenvalue weighted by Gasteiger charge is 2.11. The fourth-order valence-electron chi connectivity index (χ4n) is 2.26. The fourth-order valence-corrected chi connectivity index (χ4v) is 3.09. The Morgan fingerprint density at radius 1 is 1.23 bits per heavy atom. The summed E-state index contributed by atoms with van der Waals surface area (Å²) in [6.45, 7) is 6.24. The summed E-state index contributed by atoms with van der Waals surface area (Å²) in [5.74, 6) is -0.125. The summed E-state index contributed by atoms with van der Waals surface area (Å²) in [4.78, 5) is 5.17. The highest BCUT2D eigenvalue weighted by Crippen LogP contribution is 2.23. The topological polar surface area (TPSA) is 49.9 Å². The van der Waals surface area contributed by atoms with Crippen molar-refractivity contribution in [1.29, 1.82) is 0 Å². The van der Waals surface area contributed by atoms with Crippen molar-refractivity contribution >= 4 is 17.6 Å². The Hall–Kier alpha value is -2.99. The normalized spacial score (nSPS) is 12.0. The zero-order valence-electron chi connectivity index (χ0n) is 14.3. The Morgan fingerprint density at radius 3 is 2.65 bits per heavy atom. The monoisotopic (exact) mass is 367 g/mol. The fraction of sp³-hybridized carbons (Fsp3) is 0.100. The van der Waals surface area contributed by atoms with E-state index in [1.807, 2.05) is 12.3 Å². The lowest BCUT2D eigenvalue weighted by Crippen LogP contribution is -2.13. The molecule has 132 valence electrons. The second-order valence-electron chi connectivity index (χ2n) is 5.80. The number of aromatic hydroxyl groups is 1. The summed E-state index contributed by atoms with van der Waals surface area (Å²) in [7, 11) is 0. The molecule has 0 spiro atoms. The van der Waals surface area contributed by atoms with Crippen LogP contribution in [0.4, 0.5) is 4.39 Å². The lowest BCUT2D eigenvalue weighted by atomic mass is 10.1. The molecule has 3 aromatic rings. The first-order chi connectivity index (χ1) is 12.5. The van der Waals surface area contributed by atoms with E-state index in [9.17, 15) is 9.50 Å². The standard InChI is InChI=1S/C20H18FN3OS/c1-14(2)11-22-20-24(23-12-15-7-9-16(25)10-8-15)19(13-26-20)17-5-3-4-6-18(17)21/h3-10,12-13,25H,1,11H2,2H3. The molecular formula is C20H18FN3OS. The van der Waals surface area contributed by atoms with Crippen LogP contribution in [0, 0.1) is 5.82 Å². The average Bonchev–Trinajstić information content (AvgIpc) is 3.02. The van der Waals surface area contributed by atoms with Crippen molar-refractivity contribution in [2.24, 2.45) is 10.1 Å². The van der Waals surface area contributed by atoms with Gasteiger partial charge in [-0.15, -0.1) is 11.3 Å². The van der Waals surface area contributed by atoms with E-state index in [2.05, 4.69) is 16.7 Å². The lowest BCUT2D eigenvalue weighted by molar-refractivity contribution is 0.475. The number of benzene rings is 2. The van der Waals surface area contributed by atoms with Crippen molar-refractivity contribution in [1.82, 2.24) is 4.68 Å². The van der Waals surface area contributed by atoms with Gasteiger partial charge in [0.2, 0.25) is 4.80 Å². The van der Waals surface area contributed by atoms with Crippen LogP contribution in [0.5, 0.6) is 5.75 Å². The van der Waals surface area contributed by atoms with Gasteiger partial charge in [-0.3, -0.25) is 4.99 Å². The van der Waals surface area contributed by atoms with Crippen molar-refractivity contribution < 1.29 is 9.50 Å². The number of hydrogen-bond acceptors (Lipinski definition) is 4. The molecule has 0 unspecified atom stereocenters. The Kier molecular flexibility index (Phi) is 5.43. The predicted molar refractivity (Wildman–Crippen MR) is 104 cm³/mol. The first-order valence-corrected chi connectivity index (χ1v) is 8.86. The third-order valence-electron chi connectivity index (χ3n) is 3.53. The van der Waals surface area contributed by atoms with Crippen LogP contribution in [0.25, 0.3) is 11.3 Å². The van der Waals surface area contributed by atoms with Gasteiger partial charge < -0.3 is 5.11 Å². The van der Waals surface area contributed by atoms with E-state index in [-0.39, 0.29) is 11.6 Å². The summed E-state index contributed by atoms with van der Waals surface area (Å²) >= 11 is 1.39. The molecule has 0 fully saturated rings. The van der Waals surface area contributed by atoms with Crippen LogP contribution in [0.2, 0.25) is 0 Å². The zero-order valence-corrected chi connectivity index (χ0v) is 15.1. The Balaban J connectivity index is 2.09. The molecule has 4 nitrogen and oxygen atoms in total. The highest BCUT2D eigenvalue weighted by atomic mass is 32.1. The highest BCUT2D eigenvalue weighted by molar-refractivity contribution is 7.07. The molecular weight excluding hydrogens is 349 g/mol. The van der Waals surface area contributed by atoms with Crippen molar-refractivity contribution in [2.75, 3.05) is 6.54 Å². The smallest absolute Gasteiger partial charge is 0.206 e. The minimum Gasteiger partial charge on any atom is -0.508 e. The van der Waals surface area contributed by atoms with Gasteiger partial charge in [0.15, 0.2) is 0 Å². The predicted octanol–water partition coefficient (Wildman–Crippen LogP) is 4.42. The SMILES string of the molecule is C=C(C)CN=c1scc(-c2ccccc2F)n1N=Cc1ccc(O)cc1. The number of hydrogen-bond donors (Lipinski definition) is 1. The summed E-state index contributed by atoms with van der Waals surface area (Å²) in [5.41, 5.74) is 2.83.